The number of aliphatic imine (C=N–C) groups is 2. The standard InChI is InChI=1S/C9H16N2/c1-9(2)5-8-11-7-4-6-10-3/h4,6-9H,5H2,1-3H3/b7-4-,10-6?,11-8?. The van der Waals surface area contributed by atoms with E-state index in [9.17, 15) is 0 Å². The van der Waals surface area contributed by atoms with Crippen molar-refractivity contribution in [2.24, 2.45) is 15.9 Å². The van der Waals surface area contributed by atoms with Crippen LogP contribution in [0.1, 0.15) is 20.3 Å². The van der Waals surface area contributed by atoms with E-state index in [1.807, 2.05) is 12.3 Å². The van der Waals surface area contributed by atoms with Crippen molar-refractivity contribution in [3.05, 3.63) is 12.3 Å². The smallest absolute Gasteiger partial charge is 0.0279 e. The zero-order valence-electron chi connectivity index (χ0n) is 7.49. The van der Waals surface area contributed by atoms with Crippen molar-refractivity contribution in [2.75, 3.05) is 7.05 Å². The first-order valence-corrected chi connectivity index (χ1v) is 3.86. The number of rotatable bonds is 4. The number of hydrogen-bond acceptors (Lipinski definition) is 2. The van der Waals surface area contributed by atoms with Crippen LogP contribution in [0, 0.1) is 5.92 Å². The quantitative estimate of drug-likeness (QED) is 0.552. The summed E-state index contributed by atoms with van der Waals surface area (Å²) in [4.78, 5) is 7.83. The fraction of sp³-hybridized carbons (Fsp3) is 0.556. The van der Waals surface area contributed by atoms with Gasteiger partial charge in [-0.05, 0) is 18.4 Å². The monoisotopic (exact) mass is 152 g/mol. The number of hydrogen-bond donors (Lipinski definition) is 0. The maximum Gasteiger partial charge on any atom is 0.0279 e. The van der Waals surface area contributed by atoms with E-state index in [2.05, 4.69) is 23.8 Å². The maximum atomic E-state index is 4.05. The van der Waals surface area contributed by atoms with E-state index in [1.54, 1.807) is 19.5 Å². The topological polar surface area (TPSA) is 24.7 Å². The molecule has 62 valence electrons. The van der Waals surface area contributed by atoms with E-state index in [4.69, 9.17) is 0 Å². The van der Waals surface area contributed by atoms with Crippen molar-refractivity contribution in [3.63, 3.8) is 0 Å². The molecular weight excluding hydrogens is 136 g/mol. The molecule has 0 rings (SSSR count). The molecule has 11 heavy (non-hydrogen) atoms. The summed E-state index contributed by atoms with van der Waals surface area (Å²) < 4.78 is 0. The zero-order chi connectivity index (χ0) is 8.53. The van der Waals surface area contributed by atoms with Gasteiger partial charge in [-0.3, -0.25) is 9.98 Å². The molecule has 0 fully saturated rings. The Morgan fingerprint density at radius 2 is 2.09 bits per heavy atom. The Morgan fingerprint density at radius 1 is 1.36 bits per heavy atom. The second-order valence-electron chi connectivity index (χ2n) is 2.71. The summed E-state index contributed by atoms with van der Waals surface area (Å²) in [6.45, 7) is 4.34. The molecule has 0 aliphatic heterocycles. The summed E-state index contributed by atoms with van der Waals surface area (Å²) >= 11 is 0. The third-order valence-electron chi connectivity index (χ3n) is 1.09. The molecule has 0 aromatic heterocycles. The van der Waals surface area contributed by atoms with Crippen molar-refractivity contribution < 1.29 is 0 Å². The third kappa shape index (κ3) is 9.08. The lowest BCUT2D eigenvalue weighted by Crippen LogP contribution is -1.85. The van der Waals surface area contributed by atoms with Crippen molar-refractivity contribution in [1.29, 1.82) is 0 Å². The van der Waals surface area contributed by atoms with E-state index in [0.717, 1.165) is 6.42 Å². The largest absolute Gasteiger partial charge is 0.296 e. The lowest BCUT2D eigenvalue weighted by atomic mass is 10.2. The zero-order valence-corrected chi connectivity index (χ0v) is 7.49. The van der Waals surface area contributed by atoms with Crippen molar-refractivity contribution in [1.82, 2.24) is 0 Å². The lowest BCUT2D eigenvalue weighted by Gasteiger charge is -1.93. The Balaban J connectivity index is 3.44. The molecule has 0 heterocycles. The molecule has 0 saturated carbocycles. The fourth-order valence-corrected chi connectivity index (χ4v) is 0.507. The van der Waals surface area contributed by atoms with E-state index >= 15 is 0 Å². The summed E-state index contributed by atoms with van der Waals surface area (Å²) in [7, 11) is 1.74. The highest BCUT2D eigenvalue weighted by Gasteiger charge is 1.85. The van der Waals surface area contributed by atoms with Crippen LogP contribution in [0.4, 0.5) is 0 Å². The van der Waals surface area contributed by atoms with Crippen molar-refractivity contribution >= 4 is 12.4 Å². The van der Waals surface area contributed by atoms with E-state index < -0.39 is 0 Å². The first-order chi connectivity index (χ1) is 5.27. The average Bonchev–Trinajstić information content (AvgIpc) is 1.96. The summed E-state index contributed by atoms with van der Waals surface area (Å²) in [6, 6.07) is 0. The predicted octanol–water partition coefficient (Wildman–Crippen LogP) is 2.32. The molecule has 0 N–H and O–H groups in total. The minimum absolute atomic E-state index is 0.687. The first kappa shape index (κ1) is 10.1. The highest BCUT2D eigenvalue weighted by Crippen LogP contribution is 1.94. The fourth-order valence-electron chi connectivity index (χ4n) is 0.507. The van der Waals surface area contributed by atoms with Crippen LogP contribution in [0.2, 0.25) is 0 Å². The minimum atomic E-state index is 0.687. The molecule has 0 unspecified atom stereocenters. The van der Waals surface area contributed by atoms with Crippen LogP contribution in [0.15, 0.2) is 22.3 Å². The first-order valence-electron chi connectivity index (χ1n) is 3.86. The molecule has 0 aliphatic carbocycles. The Bertz CT molecular complexity index is 155. The SMILES string of the molecule is CN=C/C=C\N=CCC(C)C. The molecule has 0 saturated heterocycles. The van der Waals surface area contributed by atoms with Crippen LogP contribution < -0.4 is 0 Å². The van der Waals surface area contributed by atoms with Gasteiger partial charge >= 0.3 is 0 Å². The molecule has 2 heteroatoms. The second-order valence-corrected chi connectivity index (χ2v) is 2.71. The molecule has 0 atom stereocenters. The predicted molar refractivity (Wildman–Crippen MR) is 51.5 cm³/mol. The lowest BCUT2D eigenvalue weighted by molar-refractivity contribution is 0.690. The summed E-state index contributed by atoms with van der Waals surface area (Å²) in [5.41, 5.74) is 0. The van der Waals surface area contributed by atoms with Crippen LogP contribution >= 0.6 is 0 Å². The summed E-state index contributed by atoms with van der Waals surface area (Å²) in [5.74, 6) is 0.687. The normalized spacial score (nSPS) is 13.1. The van der Waals surface area contributed by atoms with Gasteiger partial charge in [0, 0.05) is 25.7 Å². The molecule has 0 spiro atoms. The number of allylic oxidation sites excluding steroid dienone is 1. The van der Waals surface area contributed by atoms with Gasteiger partial charge in [-0.2, -0.15) is 0 Å². The molecule has 0 aliphatic rings. The van der Waals surface area contributed by atoms with Gasteiger partial charge in [0.05, 0.1) is 0 Å². The Kier molecular flexibility index (Phi) is 6.59. The summed E-state index contributed by atoms with van der Waals surface area (Å²) in [5, 5.41) is 0. The van der Waals surface area contributed by atoms with Crippen LogP contribution in [-0.2, 0) is 0 Å². The summed E-state index contributed by atoms with van der Waals surface area (Å²) in [6.07, 6.45) is 8.23. The highest BCUT2D eigenvalue weighted by atomic mass is 14.7. The van der Waals surface area contributed by atoms with Crippen LogP contribution in [0.5, 0.6) is 0 Å². The van der Waals surface area contributed by atoms with Gasteiger partial charge in [-0.1, -0.05) is 13.8 Å². The van der Waals surface area contributed by atoms with E-state index in [-0.39, 0.29) is 0 Å². The molecule has 0 aromatic carbocycles. The molecule has 0 amide bonds. The van der Waals surface area contributed by atoms with Crippen molar-refractivity contribution in [3.8, 4) is 0 Å². The molecule has 0 radical (unpaired) electrons. The highest BCUT2D eigenvalue weighted by molar-refractivity contribution is 5.71. The van der Waals surface area contributed by atoms with Gasteiger partial charge in [-0.15, -0.1) is 0 Å². The van der Waals surface area contributed by atoms with Crippen molar-refractivity contribution in [2.45, 2.75) is 20.3 Å². The van der Waals surface area contributed by atoms with Gasteiger partial charge in [0.15, 0.2) is 0 Å². The average molecular weight is 152 g/mol. The Hall–Kier alpha value is -0.920. The van der Waals surface area contributed by atoms with Crippen LogP contribution in [0.25, 0.3) is 0 Å². The second kappa shape index (κ2) is 7.19. The van der Waals surface area contributed by atoms with Gasteiger partial charge < -0.3 is 0 Å². The number of nitrogens with zero attached hydrogens (tertiary/aromatic N) is 2. The van der Waals surface area contributed by atoms with Gasteiger partial charge in [0.1, 0.15) is 0 Å². The molecule has 0 bridgehead atoms. The van der Waals surface area contributed by atoms with E-state index in [0.29, 0.717) is 5.92 Å². The van der Waals surface area contributed by atoms with E-state index in [1.165, 1.54) is 0 Å². The van der Waals surface area contributed by atoms with Gasteiger partial charge in [0.25, 0.3) is 0 Å². The molecular formula is C9H16N2. The van der Waals surface area contributed by atoms with Gasteiger partial charge in [-0.25, -0.2) is 0 Å². The Labute approximate surface area is 68.8 Å². The molecule has 2 nitrogen and oxygen atoms in total. The third-order valence-corrected chi connectivity index (χ3v) is 1.09. The molecule has 0 aromatic rings. The Morgan fingerprint density at radius 3 is 2.64 bits per heavy atom. The van der Waals surface area contributed by atoms with Crippen LogP contribution in [-0.4, -0.2) is 19.5 Å². The van der Waals surface area contributed by atoms with Crippen LogP contribution in [0.3, 0.4) is 0 Å². The maximum absolute atomic E-state index is 4.05. The van der Waals surface area contributed by atoms with Gasteiger partial charge in [0.2, 0.25) is 0 Å². The minimum Gasteiger partial charge on any atom is -0.296 e.